The average Bonchev–Trinajstić information content (AvgIpc) is 2.60. The van der Waals surface area contributed by atoms with Crippen LogP contribution in [0.15, 0.2) is 47.3 Å². The van der Waals surface area contributed by atoms with Crippen molar-refractivity contribution in [1.29, 1.82) is 5.26 Å². The third-order valence-corrected chi connectivity index (χ3v) is 3.71. The molecule has 0 aliphatic heterocycles. The maximum absolute atomic E-state index is 13.7. The highest BCUT2D eigenvalue weighted by Crippen LogP contribution is 2.23. The number of H-pyrrole nitrogens is 1. The van der Waals surface area contributed by atoms with Crippen LogP contribution in [0, 0.1) is 17.1 Å². The Morgan fingerprint density at radius 3 is 2.88 bits per heavy atom. The van der Waals surface area contributed by atoms with Crippen LogP contribution in [-0.4, -0.2) is 12.1 Å². The number of methoxy groups -OCH3 is 1. The first kappa shape index (κ1) is 15.6. The van der Waals surface area contributed by atoms with Crippen molar-refractivity contribution in [1.82, 2.24) is 4.98 Å². The van der Waals surface area contributed by atoms with Gasteiger partial charge in [0.15, 0.2) is 0 Å². The van der Waals surface area contributed by atoms with Crippen LogP contribution < -0.4 is 15.6 Å². The fourth-order valence-electron chi connectivity index (χ4n) is 2.46. The molecule has 2 aromatic carbocycles. The summed E-state index contributed by atoms with van der Waals surface area (Å²) in [4.78, 5) is 14.7. The molecule has 1 heterocycles. The average molecular weight is 323 g/mol. The predicted molar refractivity (Wildman–Crippen MR) is 89.6 cm³/mol. The van der Waals surface area contributed by atoms with Gasteiger partial charge in [-0.3, -0.25) is 4.79 Å². The van der Waals surface area contributed by atoms with Crippen molar-refractivity contribution in [2.75, 3.05) is 12.4 Å². The Kier molecular flexibility index (Phi) is 4.17. The van der Waals surface area contributed by atoms with E-state index in [9.17, 15) is 9.18 Å². The minimum atomic E-state index is -0.457. The number of nitrogens with one attached hydrogen (secondary N) is 2. The Bertz CT molecular complexity index is 1010. The maximum Gasteiger partial charge on any atom is 0.253 e. The monoisotopic (exact) mass is 323 g/mol. The summed E-state index contributed by atoms with van der Waals surface area (Å²) in [6.07, 6.45) is 0. The zero-order chi connectivity index (χ0) is 17.1. The van der Waals surface area contributed by atoms with E-state index >= 15 is 0 Å². The van der Waals surface area contributed by atoms with Crippen molar-refractivity contribution >= 4 is 16.6 Å². The van der Waals surface area contributed by atoms with E-state index in [-0.39, 0.29) is 17.6 Å². The molecule has 0 radical (unpaired) electrons. The van der Waals surface area contributed by atoms with Crippen molar-refractivity contribution < 1.29 is 9.13 Å². The number of fused-ring (bicyclic) bond motifs is 1. The number of rotatable bonds is 4. The van der Waals surface area contributed by atoms with Gasteiger partial charge in [0.1, 0.15) is 17.6 Å². The molecule has 0 unspecified atom stereocenters. The van der Waals surface area contributed by atoms with E-state index in [0.29, 0.717) is 28.0 Å². The summed E-state index contributed by atoms with van der Waals surface area (Å²) in [6, 6.07) is 13.4. The summed E-state index contributed by atoms with van der Waals surface area (Å²) in [7, 11) is 1.49. The van der Waals surface area contributed by atoms with E-state index in [1.807, 2.05) is 6.07 Å². The number of para-hydroxylation sites is 1. The minimum absolute atomic E-state index is 0.200. The number of ether oxygens (including phenoxy) is 1. The third kappa shape index (κ3) is 2.92. The van der Waals surface area contributed by atoms with Gasteiger partial charge in [-0.15, -0.1) is 0 Å². The Morgan fingerprint density at radius 1 is 1.29 bits per heavy atom. The SMILES string of the molecule is COc1cc(NCc2cc3cccc(F)c3[nH]c2=O)ccc1C#N. The third-order valence-electron chi connectivity index (χ3n) is 3.71. The number of hydrogen-bond donors (Lipinski definition) is 2. The Morgan fingerprint density at radius 2 is 2.12 bits per heavy atom. The lowest BCUT2D eigenvalue weighted by Crippen LogP contribution is -2.16. The number of pyridine rings is 1. The molecule has 24 heavy (non-hydrogen) atoms. The summed E-state index contributed by atoms with van der Waals surface area (Å²) in [5.74, 6) is -0.00192. The fraction of sp³-hybridized carbons (Fsp3) is 0.111. The minimum Gasteiger partial charge on any atom is -0.495 e. The summed E-state index contributed by atoms with van der Waals surface area (Å²) in [5.41, 5.74) is 1.48. The van der Waals surface area contributed by atoms with Gasteiger partial charge in [0.25, 0.3) is 5.56 Å². The number of aromatic nitrogens is 1. The molecule has 3 rings (SSSR count). The van der Waals surface area contributed by atoms with Gasteiger partial charge in [-0.05, 0) is 24.3 Å². The molecule has 1 aromatic heterocycles. The van der Waals surface area contributed by atoms with Gasteiger partial charge >= 0.3 is 0 Å². The highest BCUT2D eigenvalue weighted by atomic mass is 19.1. The van der Waals surface area contributed by atoms with E-state index < -0.39 is 5.82 Å². The Hall–Kier alpha value is -3.33. The smallest absolute Gasteiger partial charge is 0.253 e. The number of aromatic amines is 1. The Balaban J connectivity index is 1.87. The number of nitriles is 1. The lowest BCUT2D eigenvalue weighted by Gasteiger charge is -2.09. The first-order valence-corrected chi connectivity index (χ1v) is 7.25. The molecule has 0 fully saturated rings. The second-order valence-corrected chi connectivity index (χ2v) is 5.21. The van der Waals surface area contributed by atoms with Gasteiger partial charge in [-0.2, -0.15) is 5.26 Å². The van der Waals surface area contributed by atoms with Crippen LogP contribution in [-0.2, 0) is 6.54 Å². The standard InChI is InChI=1S/C18H14FN3O2/c1-24-16-8-14(6-5-12(16)9-20)21-10-13-7-11-3-2-4-15(19)17(11)22-18(13)23/h2-8,21H,10H2,1H3,(H,22,23). The van der Waals surface area contributed by atoms with E-state index in [4.69, 9.17) is 10.00 Å². The summed E-state index contributed by atoms with van der Waals surface area (Å²) < 4.78 is 18.8. The molecule has 2 N–H and O–H groups in total. The molecule has 0 bridgehead atoms. The zero-order valence-electron chi connectivity index (χ0n) is 12.9. The molecule has 0 aliphatic rings. The molecule has 0 aliphatic carbocycles. The number of nitrogens with zero attached hydrogens (tertiary/aromatic N) is 1. The van der Waals surface area contributed by atoms with Crippen LogP contribution in [0.4, 0.5) is 10.1 Å². The van der Waals surface area contributed by atoms with Gasteiger partial charge in [-0.25, -0.2) is 4.39 Å². The largest absolute Gasteiger partial charge is 0.495 e. The zero-order valence-corrected chi connectivity index (χ0v) is 12.9. The second-order valence-electron chi connectivity index (χ2n) is 5.21. The van der Waals surface area contributed by atoms with Crippen molar-refractivity contribution in [3.8, 4) is 11.8 Å². The molecule has 0 atom stereocenters. The maximum atomic E-state index is 13.7. The van der Waals surface area contributed by atoms with Crippen molar-refractivity contribution in [2.24, 2.45) is 0 Å². The second kappa shape index (κ2) is 6.42. The normalized spacial score (nSPS) is 10.4. The fourth-order valence-corrected chi connectivity index (χ4v) is 2.46. The molecule has 6 heteroatoms. The van der Waals surface area contributed by atoms with Crippen LogP contribution in [0.2, 0.25) is 0 Å². The molecule has 5 nitrogen and oxygen atoms in total. The van der Waals surface area contributed by atoms with Crippen molar-refractivity contribution in [3.63, 3.8) is 0 Å². The highest BCUT2D eigenvalue weighted by molar-refractivity contribution is 5.79. The predicted octanol–water partition coefficient (Wildman–Crippen LogP) is 3.16. The lowest BCUT2D eigenvalue weighted by atomic mass is 10.1. The number of benzene rings is 2. The summed E-state index contributed by atoms with van der Waals surface area (Å²) >= 11 is 0. The molecule has 0 spiro atoms. The van der Waals surface area contributed by atoms with E-state index in [0.717, 1.165) is 0 Å². The first-order chi connectivity index (χ1) is 11.6. The molecule has 3 aromatic rings. The van der Waals surface area contributed by atoms with Crippen LogP contribution in [0.3, 0.4) is 0 Å². The number of halogens is 1. The quantitative estimate of drug-likeness (QED) is 0.773. The first-order valence-electron chi connectivity index (χ1n) is 7.25. The molecule has 0 saturated heterocycles. The van der Waals surface area contributed by atoms with Crippen molar-refractivity contribution in [3.05, 3.63) is 69.8 Å². The van der Waals surface area contributed by atoms with E-state index in [2.05, 4.69) is 10.3 Å². The topological polar surface area (TPSA) is 77.9 Å². The van der Waals surface area contributed by atoms with Gasteiger partial charge in [0, 0.05) is 29.2 Å². The van der Waals surface area contributed by atoms with Crippen molar-refractivity contribution in [2.45, 2.75) is 6.54 Å². The van der Waals surface area contributed by atoms with E-state index in [1.165, 1.54) is 13.2 Å². The van der Waals surface area contributed by atoms with Crippen LogP contribution >= 0.6 is 0 Å². The number of hydrogen-bond acceptors (Lipinski definition) is 4. The molecule has 0 amide bonds. The van der Waals surface area contributed by atoms with Crippen LogP contribution in [0.1, 0.15) is 11.1 Å². The van der Waals surface area contributed by atoms with Gasteiger partial charge < -0.3 is 15.0 Å². The molecule has 120 valence electrons. The number of anilines is 1. The molecular weight excluding hydrogens is 309 g/mol. The van der Waals surface area contributed by atoms with Gasteiger partial charge in [0.2, 0.25) is 0 Å². The molecule has 0 saturated carbocycles. The van der Waals surface area contributed by atoms with E-state index in [1.54, 1.807) is 36.4 Å². The van der Waals surface area contributed by atoms with Gasteiger partial charge in [0.05, 0.1) is 18.2 Å². The van der Waals surface area contributed by atoms with Gasteiger partial charge in [-0.1, -0.05) is 12.1 Å². The lowest BCUT2D eigenvalue weighted by molar-refractivity contribution is 0.413. The van der Waals surface area contributed by atoms with Crippen LogP contribution in [0.5, 0.6) is 5.75 Å². The summed E-state index contributed by atoms with van der Waals surface area (Å²) in [5, 5.41) is 12.7. The Labute approximate surface area is 137 Å². The van der Waals surface area contributed by atoms with Crippen LogP contribution in [0.25, 0.3) is 10.9 Å². The highest BCUT2D eigenvalue weighted by Gasteiger charge is 2.07. The molecular formula is C18H14FN3O2. The summed E-state index contributed by atoms with van der Waals surface area (Å²) in [6.45, 7) is 0.261.